The first-order valence-corrected chi connectivity index (χ1v) is 9.31. The molecule has 2 atom stereocenters. The number of nitrogens with zero attached hydrogens (tertiary/aromatic N) is 1. The summed E-state index contributed by atoms with van der Waals surface area (Å²) in [5.41, 5.74) is -0.409. The molecule has 162 valence electrons. The van der Waals surface area contributed by atoms with Crippen molar-refractivity contribution in [1.82, 2.24) is 10.2 Å². The van der Waals surface area contributed by atoms with Gasteiger partial charge in [-0.3, -0.25) is 9.59 Å². The Morgan fingerprint density at radius 3 is 2.34 bits per heavy atom. The molecule has 0 aromatic heterocycles. The van der Waals surface area contributed by atoms with Gasteiger partial charge >= 0.3 is 0 Å². The van der Waals surface area contributed by atoms with Gasteiger partial charge in [0.2, 0.25) is 0 Å². The fraction of sp³-hybridized carbons (Fsp3) is 0.600. The van der Waals surface area contributed by atoms with E-state index < -0.39 is 5.60 Å². The fourth-order valence-electron chi connectivity index (χ4n) is 3.15. The first kappa shape index (κ1) is 22.9. The molecule has 0 unspecified atom stereocenters. The highest BCUT2D eigenvalue weighted by Crippen LogP contribution is 2.37. The van der Waals surface area contributed by atoms with Crippen LogP contribution in [-0.4, -0.2) is 83.0 Å². The number of methoxy groups -OCH3 is 4. The Bertz CT molecular complexity index is 752. The number of hydrogen-bond donors (Lipinski definition) is 2. The highest BCUT2D eigenvalue weighted by molar-refractivity contribution is 6.01. The van der Waals surface area contributed by atoms with Gasteiger partial charge in [0.25, 0.3) is 11.8 Å². The van der Waals surface area contributed by atoms with Gasteiger partial charge in [-0.05, 0) is 33.0 Å². The van der Waals surface area contributed by atoms with E-state index in [1.807, 2.05) is 7.05 Å². The van der Waals surface area contributed by atoms with E-state index in [0.29, 0.717) is 29.3 Å². The second-order valence-corrected chi connectivity index (χ2v) is 7.50. The highest BCUT2D eigenvalue weighted by atomic mass is 16.5. The summed E-state index contributed by atoms with van der Waals surface area (Å²) in [4.78, 5) is 27.6. The SMILES string of the molecule is COc1cc(C(=O)N[C@H]2CN(C)C[C@@H]2OC)cc(NC(=O)C(C)(C)OC)c1OC. The number of ether oxygens (including phenoxy) is 4. The summed E-state index contributed by atoms with van der Waals surface area (Å²) in [7, 11) is 7.99. The van der Waals surface area contributed by atoms with Gasteiger partial charge in [0.1, 0.15) is 5.60 Å². The second-order valence-electron chi connectivity index (χ2n) is 7.50. The van der Waals surface area contributed by atoms with E-state index in [4.69, 9.17) is 18.9 Å². The topological polar surface area (TPSA) is 98.4 Å². The normalized spacial score (nSPS) is 19.7. The van der Waals surface area contributed by atoms with E-state index in [2.05, 4.69) is 15.5 Å². The Kier molecular flexibility index (Phi) is 7.45. The van der Waals surface area contributed by atoms with E-state index >= 15 is 0 Å². The van der Waals surface area contributed by atoms with Crippen LogP contribution in [0.1, 0.15) is 24.2 Å². The van der Waals surface area contributed by atoms with E-state index in [1.54, 1.807) is 33.1 Å². The second kappa shape index (κ2) is 9.43. The van der Waals surface area contributed by atoms with Gasteiger partial charge in [-0.25, -0.2) is 0 Å². The van der Waals surface area contributed by atoms with Crippen molar-refractivity contribution in [1.29, 1.82) is 0 Å². The van der Waals surface area contributed by atoms with Gasteiger partial charge in [-0.1, -0.05) is 0 Å². The number of hydrogen-bond acceptors (Lipinski definition) is 7. The van der Waals surface area contributed by atoms with Crippen molar-refractivity contribution in [2.75, 3.05) is 53.9 Å². The Balaban J connectivity index is 2.32. The summed E-state index contributed by atoms with van der Waals surface area (Å²) in [6, 6.07) is 2.99. The molecule has 1 aromatic rings. The van der Waals surface area contributed by atoms with Crippen molar-refractivity contribution in [3.63, 3.8) is 0 Å². The molecule has 29 heavy (non-hydrogen) atoms. The lowest BCUT2D eigenvalue weighted by Gasteiger charge is -2.23. The van der Waals surface area contributed by atoms with Crippen molar-refractivity contribution in [2.45, 2.75) is 31.6 Å². The number of rotatable bonds is 8. The van der Waals surface area contributed by atoms with Crippen LogP contribution >= 0.6 is 0 Å². The third-order valence-electron chi connectivity index (χ3n) is 5.11. The lowest BCUT2D eigenvalue weighted by atomic mass is 10.1. The maximum atomic E-state index is 12.9. The van der Waals surface area contributed by atoms with Gasteiger partial charge in [0, 0.05) is 32.9 Å². The smallest absolute Gasteiger partial charge is 0.256 e. The van der Waals surface area contributed by atoms with Crippen LogP contribution in [0.15, 0.2) is 12.1 Å². The molecule has 2 rings (SSSR count). The van der Waals surface area contributed by atoms with Gasteiger partial charge in [0.05, 0.1) is 32.1 Å². The molecular formula is C20H31N3O6. The van der Waals surface area contributed by atoms with Crippen molar-refractivity contribution in [2.24, 2.45) is 0 Å². The molecular weight excluding hydrogens is 378 g/mol. The molecule has 9 heteroatoms. The van der Waals surface area contributed by atoms with Crippen molar-refractivity contribution >= 4 is 17.5 Å². The zero-order valence-electron chi connectivity index (χ0n) is 18.1. The van der Waals surface area contributed by atoms with Gasteiger partial charge in [-0.15, -0.1) is 0 Å². The molecule has 0 radical (unpaired) electrons. The van der Waals surface area contributed by atoms with Crippen LogP contribution in [0.2, 0.25) is 0 Å². The maximum absolute atomic E-state index is 12.9. The predicted molar refractivity (Wildman–Crippen MR) is 109 cm³/mol. The standard InChI is InChI=1S/C20H31N3O6/c1-20(2,29-7)19(25)22-13-8-12(9-15(26-4)17(13)28-6)18(24)21-14-10-23(3)11-16(14)27-5/h8-9,14,16H,10-11H2,1-7H3,(H,21,24)(H,22,25)/t14-,16-/m0/s1. The third-order valence-corrected chi connectivity index (χ3v) is 5.11. The molecule has 0 aliphatic carbocycles. The molecule has 0 saturated carbocycles. The fourth-order valence-corrected chi connectivity index (χ4v) is 3.15. The minimum absolute atomic E-state index is 0.0919. The van der Waals surface area contributed by atoms with Crippen LogP contribution < -0.4 is 20.1 Å². The van der Waals surface area contributed by atoms with Crippen LogP contribution in [0.3, 0.4) is 0 Å². The van der Waals surface area contributed by atoms with Crippen LogP contribution in [0.25, 0.3) is 0 Å². The number of nitrogens with one attached hydrogen (secondary N) is 2. The molecule has 1 aliphatic rings. The van der Waals surface area contributed by atoms with E-state index in [0.717, 1.165) is 6.54 Å². The van der Waals surface area contributed by atoms with Crippen molar-refractivity contribution in [3.05, 3.63) is 17.7 Å². The predicted octanol–water partition coefficient (Wildman–Crippen LogP) is 1.13. The zero-order chi connectivity index (χ0) is 21.8. The van der Waals surface area contributed by atoms with Gasteiger partial charge in [-0.2, -0.15) is 0 Å². The number of amides is 2. The number of benzene rings is 1. The van der Waals surface area contributed by atoms with Gasteiger partial charge < -0.3 is 34.5 Å². The van der Waals surface area contributed by atoms with Crippen molar-refractivity contribution in [3.8, 4) is 11.5 Å². The molecule has 1 fully saturated rings. The highest BCUT2D eigenvalue weighted by Gasteiger charge is 2.33. The number of anilines is 1. The molecule has 1 aliphatic heterocycles. The minimum atomic E-state index is -1.06. The van der Waals surface area contributed by atoms with E-state index in [1.165, 1.54) is 21.3 Å². The summed E-state index contributed by atoms with van der Waals surface area (Å²) in [6.45, 7) is 4.71. The lowest BCUT2D eigenvalue weighted by Crippen LogP contribution is -2.43. The molecule has 0 spiro atoms. The molecule has 2 amide bonds. The Labute approximate surface area is 171 Å². The maximum Gasteiger partial charge on any atom is 0.256 e. The molecule has 1 aromatic carbocycles. The Hall–Kier alpha value is -2.36. The van der Waals surface area contributed by atoms with Gasteiger partial charge in [0.15, 0.2) is 11.5 Å². The summed E-state index contributed by atoms with van der Waals surface area (Å²) < 4.78 is 21.4. The molecule has 1 saturated heterocycles. The average Bonchev–Trinajstić information content (AvgIpc) is 3.06. The van der Waals surface area contributed by atoms with Crippen LogP contribution in [0.4, 0.5) is 5.69 Å². The summed E-state index contributed by atoms with van der Waals surface area (Å²) in [6.07, 6.45) is -0.0919. The number of carbonyl (C=O) groups is 2. The van der Waals surface area contributed by atoms with E-state index in [-0.39, 0.29) is 24.0 Å². The number of carbonyl (C=O) groups excluding carboxylic acids is 2. The Morgan fingerprint density at radius 2 is 1.79 bits per heavy atom. The van der Waals surface area contributed by atoms with Crippen molar-refractivity contribution < 1.29 is 28.5 Å². The zero-order valence-corrected chi connectivity index (χ0v) is 18.1. The minimum Gasteiger partial charge on any atom is -0.493 e. The molecule has 0 bridgehead atoms. The first-order valence-electron chi connectivity index (χ1n) is 9.31. The molecule has 1 heterocycles. The average molecular weight is 409 g/mol. The lowest BCUT2D eigenvalue weighted by molar-refractivity contribution is -0.133. The molecule has 9 nitrogen and oxygen atoms in total. The summed E-state index contributed by atoms with van der Waals surface area (Å²) in [5, 5.41) is 5.76. The van der Waals surface area contributed by atoms with Crippen LogP contribution in [0, 0.1) is 0 Å². The van der Waals surface area contributed by atoms with E-state index in [9.17, 15) is 9.59 Å². The van der Waals surface area contributed by atoms with Crippen LogP contribution in [-0.2, 0) is 14.3 Å². The Morgan fingerprint density at radius 1 is 1.10 bits per heavy atom. The quantitative estimate of drug-likeness (QED) is 0.664. The largest absolute Gasteiger partial charge is 0.493 e. The van der Waals surface area contributed by atoms with Crippen LogP contribution in [0.5, 0.6) is 11.5 Å². The number of likely N-dealkylation sites (tertiary alicyclic amines) is 1. The third kappa shape index (κ3) is 5.17. The summed E-state index contributed by atoms with van der Waals surface area (Å²) in [5.74, 6) is -0.0262. The monoisotopic (exact) mass is 409 g/mol. The first-order chi connectivity index (χ1) is 13.7. The summed E-state index contributed by atoms with van der Waals surface area (Å²) >= 11 is 0. The number of likely N-dealkylation sites (N-methyl/N-ethyl adjacent to an activating group) is 1. The molecule has 2 N–H and O–H groups in total.